The van der Waals surface area contributed by atoms with Crippen LogP contribution in [0.4, 0.5) is 19.3 Å². The van der Waals surface area contributed by atoms with Gasteiger partial charge in [0, 0.05) is 28.3 Å². The highest BCUT2D eigenvalue weighted by Gasteiger charge is 2.33. The van der Waals surface area contributed by atoms with E-state index < -0.39 is 46.9 Å². The smallest absolute Gasteiger partial charge is 0.428 e. The summed E-state index contributed by atoms with van der Waals surface area (Å²) < 4.78 is 76.8. The minimum atomic E-state index is -4.20. The molecule has 2 aromatic heterocycles. The molecular weight excluding hydrogens is 735 g/mol. The second-order valence-electron chi connectivity index (χ2n) is 13.0. The summed E-state index contributed by atoms with van der Waals surface area (Å²) in [4.78, 5) is 26.9. The van der Waals surface area contributed by atoms with Gasteiger partial charge in [-0.1, -0.05) is 47.5 Å². The van der Waals surface area contributed by atoms with Crippen LogP contribution in [0.15, 0.2) is 61.1 Å². The van der Waals surface area contributed by atoms with E-state index in [4.69, 9.17) is 37.4 Å². The van der Waals surface area contributed by atoms with Gasteiger partial charge in [-0.05, 0) is 63.3 Å². The van der Waals surface area contributed by atoms with E-state index in [1.807, 2.05) is 0 Å². The van der Waals surface area contributed by atoms with E-state index >= 15 is 0 Å². The summed E-state index contributed by atoms with van der Waals surface area (Å²) in [5, 5.41) is 10.3. The van der Waals surface area contributed by atoms with Gasteiger partial charge in [0.15, 0.2) is 11.5 Å². The fourth-order valence-corrected chi connectivity index (χ4v) is 6.66. The van der Waals surface area contributed by atoms with Crippen molar-refractivity contribution >= 4 is 61.9 Å². The predicted octanol–water partition coefficient (Wildman–Crippen LogP) is 7.09. The van der Waals surface area contributed by atoms with Gasteiger partial charge < -0.3 is 23.5 Å². The molecular formula is C34H36Cl2F2N3O9S+. The van der Waals surface area contributed by atoms with E-state index in [-0.39, 0.29) is 46.2 Å². The van der Waals surface area contributed by atoms with Crippen LogP contribution in [0.1, 0.15) is 50.8 Å². The number of hydrogen-bond acceptors (Lipinski definition) is 9. The number of alkyl halides is 2. The molecule has 1 aliphatic rings. The van der Waals surface area contributed by atoms with Crippen LogP contribution in [0.25, 0.3) is 10.9 Å². The molecule has 12 nitrogen and oxygen atoms in total. The van der Waals surface area contributed by atoms with E-state index in [2.05, 4.69) is 4.74 Å². The molecule has 0 bridgehead atoms. The summed E-state index contributed by atoms with van der Waals surface area (Å²) in [5.41, 5.74) is -0.00580. The Balaban J connectivity index is 1.51. The van der Waals surface area contributed by atoms with Gasteiger partial charge in [-0.25, -0.2) is 13.2 Å². The number of carbonyl (C=O) groups excluding carboxylic acids is 2. The van der Waals surface area contributed by atoms with Crippen molar-refractivity contribution in [1.29, 1.82) is 0 Å². The number of ether oxygens (including phenoxy) is 4. The minimum absolute atomic E-state index is 0.0169. The van der Waals surface area contributed by atoms with Crippen molar-refractivity contribution in [2.24, 2.45) is 5.92 Å². The molecule has 1 amide bonds. The van der Waals surface area contributed by atoms with Gasteiger partial charge in [0.2, 0.25) is 22.4 Å². The number of carbonyl (C=O) groups is 2. The average molecular weight is 772 g/mol. The zero-order valence-corrected chi connectivity index (χ0v) is 30.3. The van der Waals surface area contributed by atoms with Gasteiger partial charge in [0.1, 0.15) is 28.3 Å². The zero-order chi connectivity index (χ0) is 37.2. The minimum Gasteiger partial charge on any atom is -0.489 e. The highest BCUT2D eigenvalue weighted by Crippen LogP contribution is 2.38. The Kier molecular flexibility index (Phi) is 11.2. The Morgan fingerprint density at radius 2 is 1.75 bits per heavy atom. The van der Waals surface area contributed by atoms with Crippen molar-refractivity contribution in [1.82, 2.24) is 4.57 Å². The summed E-state index contributed by atoms with van der Waals surface area (Å²) in [6.07, 6.45) is 4.09. The molecule has 5 rings (SSSR count). The first-order valence-corrected chi connectivity index (χ1v) is 18.3. The van der Waals surface area contributed by atoms with Crippen molar-refractivity contribution in [3.05, 3.63) is 82.2 Å². The number of esters is 1. The summed E-state index contributed by atoms with van der Waals surface area (Å²) >= 11 is 12.8. The molecule has 1 unspecified atom stereocenters. The molecule has 1 aliphatic carbocycles. The first kappa shape index (κ1) is 37.9. The second kappa shape index (κ2) is 15.1. The Morgan fingerprint density at radius 3 is 2.35 bits per heavy atom. The number of sulfonamides is 1. The third kappa shape index (κ3) is 9.71. The molecule has 0 saturated heterocycles. The molecule has 17 heteroatoms. The Bertz CT molecular complexity index is 2030. The number of anilines is 1. The molecule has 0 radical (unpaired) electrons. The highest BCUT2D eigenvalue weighted by atomic mass is 35.5. The Labute approximate surface area is 303 Å². The summed E-state index contributed by atoms with van der Waals surface area (Å²) in [6, 6.07) is 10.7. The maximum absolute atomic E-state index is 13.7. The van der Waals surface area contributed by atoms with Crippen LogP contribution in [0.3, 0.4) is 0 Å². The van der Waals surface area contributed by atoms with Crippen molar-refractivity contribution in [2.75, 3.05) is 17.2 Å². The molecule has 1 saturated carbocycles. The summed E-state index contributed by atoms with van der Waals surface area (Å²) in [5.74, 6) is -0.708. The quantitative estimate of drug-likeness (QED) is 0.0858. The lowest BCUT2D eigenvalue weighted by Gasteiger charge is -2.25. The molecule has 0 aliphatic heterocycles. The number of amides is 1. The van der Waals surface area contributed by atoms with Gasteiger partial charge in [0.05, 0.1) is 24.1 Å². The SMILES string of the molecule is CC(C)(C)OC(=O)N(c1cn(CC(=O)OC(Cc2c(Cl)c[n+](O)cc2Cl)c2ccc(OC(F)F)c(OCC3CC3)c2)c2ccccc12)S(C)(=O)=O. The van der Waals surface area contributed by atoms with Crippen LogP contribution in [-0.2, 0) is 37.3 Å². The third-order valence-electron chi connectivity index (χ3n) is 7.63. The van der Waals surface area contributed by atoms with E-state index in [9.17, 15) is 32.0 Å². The number of fused-ring (bicyclic) bond motifs is 1. The van der Waals surface area contributed by atoms with Crippen molar-refractivity contribution in [3.63, 3.8) is 0 Å². The highest BCUT2D eigenvalue weighted by molar-refractivity contribution is 7.92. The first-order chi connectivity index (χ1) is 23.9. The Hall–Kier alpha value is -4.34. The molecule has 274 valence electrons. The van der Waals surface area contributed by atoms with Gasteiger partial charge >= 0.3 is 18.7 Å². The first-order valence-electron chi connectivity index (χ1n) is 15.7. The largest absolute Gasteiger partial charge is 0.489 e. The number of aromatic nitrogens is 2. The maximum Gasteiger partial charge on any atom is 0.428 e. The van der Waals surface area contributed by atoms with Crippen LogP contribution >= 0.6 is 23.2 Å². The fourth-order valence-electron chi connectivity index (χ4n) is 5.24. The lowest BCUT2D eigenvalue weighted by Crippen LogP contribution is -2.40. The number of para-hydroxylation sites is 1. The van der Waals surface area contributed by atoms with Crippen molar-refractivity contribution in [2.45, 2.75) is 64.9 Å². The van der Waals surface area contributed by atoms with E-state index in [0.29, 0.717) is 31.1 Å². The van der Waals surface area contributed by atoms with Crippen molar-refractivity contribution < 1.29 is 55.7 Å². The van der Waals surface area contributed by atoms with Crippen LogP contribution in [0.5, 0.6) is 11.5 Å². The van der Waals surface area contributed by atoms with Gasteiger partial charge in [-0.3, -0.25) is 10.0 Å². The van der Waals surface area contributed by atoms with Crippen LogP contribution < -0.4 is 18.5 Å². The molecule has 51 heavy (non-hydrogen) atoms. The molecule has 1 atom stereocenters. The number of halogens is 4. The molecule has 2 heterocycles. The number of nitrogens with zero attached hydrogens (tertiary/aromatic N) is 3. The number of pyridine rings is 1. The number of rotatable bonds is 13. The second-order valence-corrected chi connectivity index (χ2v) is 15.6. The number of benzene rings is 2. The lowest BCUT2D eigenvalue weighted by molar-refractivity contribution is -0.904. The Morgan fingerprint density at radius 1 is 1.08 bits per heavy atom. The normalized spacial score (nSPS) is 14.0. The predicted molar refractivity (Wildman–Crippen MR) is 183 cm³/mol. The number of hydrogen-bond donors (Lipinski definition) is 1. The topological polar surface area (TPSA) is 137 Å². The summed E-state index contributed by atoms with van der Waals surface area (Å²) in [6.45, 7) is 1.50. The van der Waals surface area contributed by atoms with Crippen molar-refractivity contribution in [3.8, 4) is 11.5 Å². The van der Waals surface area contributed by atoms with E-state index in [1.165, 1.54) is 41.4 Å². The lowest BCUT2D eigenvalue weighted by atomic mass is 10.0. The fraction of sp³-hybridized carbons (Fsp3) is 0.382. The monoisotopic (exact) mass is 770 g/mol. The molecule has 1 fully saturated rings. The third-order valence-corrected chi connectivity index (χ3v) is 9.30. The average Bonchev–Trinajstić information content (AvgIpc) is 3.78. The summed E-state index contributed by atoms with van der Waals surface area (Å²) in [7, 11) is -4.20. The molecule has 1 N–H and O–H groups in total. The van der Waals surface area contributed by atoms with Gasteiger partial charge in [0.25, 0.3) is 0 Å². The molecule has 4 aromatic rings. The molecule has 2 aromatic carbocycles. The zero-order valence-electron chi connectivity index (χ0n) is 28.0. The van der Waals surface area contributed by atoms with Crippen LogP contribution in [-0.4, -0.2) is 55.3 Å². The van der Waals surface area contributed by atoms with E-state index in [1.54, 1.807) is 45.0 Å². The van der Waals surface area contributed by atoms with Crippen LogP contribution in [0.2, 0.25) is 10.0 Å². The standard InChI is InChI=1S/C34H36Cl2F2N3O9S/c1-34(2,3)50-33(43)41(51(4,45)46)27-17-39(26-8-6-5-7-22(26)27)18-31(42)48-29(14-23-24(35)15-40(44)16-25(23)36)21-11-12-28(49-32(37)38)30(13-21)47-19-20-9-10-20/h5-8,11-13,15-17,20,29,32,44H,9-10,14,18-19H2,1-4H3/q+1. The van der Waals surface area contributed by atoms with Crippen LogP contribution in [0, 0.1) is 5.92 Å². The maximum atomic E-state index is 13.7. The van der Waals surface area contributed by atoms with E-state index in [0.717, 1.165) is 19.1 Å². The van der Waals surface area contributed by atoms with Gasteiger partial charge in [-0.2, -0.15) is 13.1 Å². The molecule has 0 spiro atoms. The van der Waals surface area contributed by atoms with Gasteiger partial charge in [-0.15, -0.1) is 0 Å².